The Balaban J connectivity index is 1.56. The number of carbonyl (C=O) groups excluding carboxylic acids is 1. The lowest BCUT2D eigenvalue weighted by atomic mass is 10.2. The van der Waals surface area contributed by atoms with Crippen LogP contribution in [-0.4, -0.2) is 12.1 Å². The van der Waals surface area contributed by atoms with Crippen LogP contribution >= 0.6 is 0 Å². The van der Waals surface area contributed by atoms with E-state index < -0.39 is 6.09 Å². The first kappa shape index (κ1) is 13.5. The fourth-order valence-corrected chi connectivity index (χ4v) is 1.90. The zero-order valence-corrected chi connectivity index (χ0v) is 11.6. The van der Waals surface area contributed by atoms with Crippen LogP contribution in [0.4, 0.5) is 4.79 Å². The summed E-state index contributed by atoms with van der Waals surface area (Å²) in [7, 11) is 0. The van der Waals surface area contributed by atoms with Gasteiger partial charge in [-0.3, -0.25) is 0 Å². The summed E-state index contributed by atoms with van der Waals surface area (Å²) in [4.78, 5) is 11.6. The number of nitrogens with one attached hydrogen (secondary N) is 1. The summed E-state index contributed by atoms with van der Waals surface area (Å²) in [6.07, 6.45) is 1.67. The van der Waals surface area contributed by atoms with E-state index in [1.807, 2.05) is 36.4 Å². The zero-order valence-electron chi connectivity index (χ0n) is 11.6. The van der Waals surface area contributed by atoms with E-state index in [2.05, 4.69) is 5.32 Å². The fourth-order valence-electron chi connectivity index (χ4n) is 1.90. The molecule has 0 aliphatic heterocycles. The van der Waals surface area contributed by atoms with E-state index in [1.165, 1.54) is 0 Å². The molecule has 0 spiro atoms. The van der Waals surface area contributed by atoms with Gasteiger partial charge in [-0.05, 0) is 30.5 Å². The van der Waals surface area contributed by atoms with Gasteiger partial charge in [0.2, 0.25) is 0 Å². The number of hydrogen-bond donors (Lipinski definition) is 1. The van der Waals surface area contributed by atoms with E-state index >= 15 is 0 Å². The maximum absolute atomic E-state index is 11.6. The third-order valence-corrected chi connectivity index (χ3v) is 3.16. The van der Waals surface area contributed by atoms with Crippen LogP contribution in [0, 0.1) is 0 Å². The van der Waals surface area contributed by atoms with Gasteiger partial charge in [0.25, 0.3) is 0 Å². The standard InChI is InChI=1S/C17H17NO3/c19-17(18-14-9-10-14)21-16-8-4-7-15(11-16)20-12-13-5-2-1-3-6-13/h1-8,11,14H,9-10,12H2,(H,18,19). The highest BCUT2D eigenvalue weighted by Gasteiger charge is 2.24. The molecular formula is C17H17NO3. The van der Waals surface area contributed by atoms with Crippen LogP contribution in [-0.2, 0) is 6.61 Å². The molecule has 1 fully saturated rings. The molecule has 1 saturated carbocycles. The zero-order chi connectivity index (χ0) is 14.5. The predicted octanol–water partition coefficient (Wildman–Crippen LogP) is 3.52. The molecule has 2 aromatic rings. The summed E-state index contributed by atoms with van der Waals surface area (Å²) in [6.45, 7) is 0.485. The molecule has 0 heterocycles. The van der Waals surface area contributed by atoms with Crippen LogP contribution in [0.25, 0.3) is 0 Å². The van der Waals surface area contributed by atoms with Crippen LogP contribution in [0.2, 0.25) is 0 Å². The Hall–Kier alpha value is -2.49. The van der Waals surface area contributed by atoms with Crippen molar-refractivity contribution in [1.29, 1.82) is 0 Å². The quantitative estimate of drug-likeness (QED) is 0.913. The van der Waals surface area contributed by atoms with Crippen molar-refractivity contribution >= 4 is 6.09 Å². The predicted molar refractivity (Wildman–Crippen MR) is 79.4 cm³/mol. The van der Waals surface area contributed by atoms with Crippen molar-refractivity contribution in [3.8, 4) is 11.5 Å². The molecule has 2 aromatic carbocycles. The Morgan fingerprint density at radius 2 is 1.81 bits per heavy atom. The van der Waals surface area contributed by atoms with Crippen molar-refractivity contribution in [2.45, 2.75) is 25.5 Å². The molecule has 0 bridgehead atoms. The van der Waals surface area contributed by atoms with Gasteiger partial charge >= 0.3 is 6.09 Å². The van der Waals surface area contributed by atoms with Gasteiger partial charge in [0.05, 0.1) is 0 Å². The van der Waals surface area contributed by atoms with E-state index in [0.717, 1.165) is 18.4 Å². The first-order chi connectivity index (χ1) is 10.3. The van der Waals surface area contributed by atoms with E-state index in [1.54, 1.807) is 18.2 Å². The Morgan fingerprint density at radius 1 is 1.05 bits per heavy atom. The number of amides is 1. The van der Waals surface area contributed by atoms with Gasteiger partial charge in [-0.2, -0.15) is 0 Å². The van der Waals surface area contributed by atoms with Crippen molar-refractivity contribution in [2.75, 3.05) is 0 Å². The molecule has 3 rings (SSSR count). The van der Waals surface area contributed by atoms with E-state index in [9.17, 15) is 4.79 Å². The van der Waals surface area contributed by atoms with Gasteiger partial charge in [0.15, 0.2) is 0 Å². The van der Waals surface area contributed by atoms with Crippen LogP contribution in [0.15, 0.2) is 54.6 Å². The SMILES string of the molecule is O=C(NC1CC1)Oc1cccc(OCc2ccccc2)c1. The molecule has 0 atom stereocenters. The molecule has 0 saturated heterocycles. The number of benzene rings is 2. The van der Waals surface area contributed by atoms with Crippen LogP contribution in [0.3, 0.4) is 0 Å². The van der Waals surface area contributed by atoms with Gasteiger partial charge in [-0.15, -0.1) is 0 Å². The lowest BCUT2D eigenvalue weighted by Gasteiger charge is -2.09. The molecule has 108 valence electrons. The monoisotopic (exact) mass is 283 g/mol. The minimum absolute atomic E-state index is 0.287. The summed E-state index contributed by atoms with van der Waals surface area (Å²) in [5, 5.41) is 2.78. The minimum atomic E-state index is -0.405. The number of carbonyl (C=O) groups is 1. The van der Waals surface area contributed by atoms with E-state index in [4.69, 9.17) is 9.47 Å². The highest BCUT2D eigenvalue weighted by Crippen LogP contribution is 2.22. The first-order valence-electron chi connectivity index (χ1n) is 7.05. The summed E-state index contributed by atoms with van der Waals surface area (Å²) >= 11 is 0. The lowest BCUT2D eigenvalue weighted by molar-refractivity contribution is 0.199. The molecular weight excluding hydrogens is 266 g/mol. The van der Waals surface area contributed by atoms with E-state index in [0.29, 0.717) is 18.1 Å². The normalized spacial score (nSPS) is 13.5. The van der Waals surface area contributed by atoms with Crippen LogP contribution < -0.4 is 14.8 Å². The topological polar surface area (TPSA) is 47.6 Å². The minimum Gasteiger partial charge on any atom is -0.489 e. The largest absolute Gasteiger partial charge is 0.489 e. The summed E-state index contributed by atoms with van der Waals surface area (Å²) in [6, 6.07) is 17.3. The second kappa shape index (κ2) is 6.31. The van der Waals surface area contributed by atoms with Crippen molar-refractivity contribution in [3.63, 3.8) is 0 Å². The molecule has 4 nitrogen and oxygen atoms in total. The van der Waals surface area contributed by atoms with Crippen molar-refractivity contribution < 1.29 is 14.3 Å². The average Bonchev–Trinajstić information content (AvgIpc) is 3.30. The maximum atomic E-state index is 11.6. The summed E-state index contributed by atoms with van der Waals surface area (Å²) in [5.41, 5.74) is 1.09. The fraction of sp³-hybridized carbons (Fsp3) is 0.235. The van der Waals surface area contributed by atoms with E-state index in [-0.39, 0.29) is 6.04 Å². The molecule has 0 unspecified atom stereocenters. The average molecular weight is 283 g/mol. The second-order valence-corrected chi connectivity index (χ2v) is 5.06. The maximum Gasteiger partial charge on any atom is 0.412 e. The van der Waals surface area contributed by atoms with Gasteiger partial charge in [0.1, 0.15) is 18.1 Å². The Labute approximate surface area is 123 Å². The first-order valence-corrected chi connectivity index (χ1v) is 7.05. The summed E-state index contributed by atoms with van der Waals surface area (Å²) in [5.74, 6) is 1.16. The third-order valence-electron chi connectivity index (χ3n) is 3.16. The molecule has 21 heavy (non-hydrogen) atoms. The van der Waals surface area contributed by atoms with Crippen molar-refractivity contribution in [1.82, 2.24) is 5.32 Å². The Kier molecular flexibility index (Phi) is 4.05. The van der Waals surface area contributed by atoms with Crippen LogP contribution in [0.5, 0.6) is 11.5 Å². The number of hydrogen-bond acceptors (Lipinski definition) is 3. The molecule has 1 aliphatic rings. The van der Waals surface area contributed by atoms with Crippen molar-refractivity contribution in [3.05, 3.63) is 60.2 Å². The lowest BCUT2D eigenvalue weighted by Crippen LogP contribution is -2.28. The summed E-state index contributed by atoms with van der Waals surface area (Å²) < 4.78 is 10.9. The smallest absolute Gasteiger partial charge is 0.412 e. The molecule has 4 heteroatoms. The Bertz CT molecular complexity index is 608. The molecule has 1 aliphatic carbocycles. The van der Waals surface area contributed by atoms with Gasteiger partial charge in [-0.1, -0.05) is 36.4 Å². The molecule has 1 amide bonds. The van der Waals surface area contributed by atoms with Crippen LogP contribution in [0.1, 0.15) is 18.4 Å². The highest BCUT2D eigenvalue weighted by molar-refractivity contribution is 5.71. The highest BCUT2D eigenvalue weighted by atomic mass is 16.6. The van der Waals surface area contributed by atoms with Gasteiger partial charge in [0, 0.05) is 12.1 Å². The molecule has 1 N–H and O–H groups in total. The third kappa shape index (κ3) is 4.24. The van der Waals surface area contributed by atoms with Crippen molar-refractivity contribution in [2.24, 2.45) is 0 Å². The Morgan fingerprint density at radius 3 is 2.57 bits per heavy atom. The van der Waals surface area contributed by atoms with Gasteiger partial charge in [-0.25, -0.2) is 4.79 Å². The van der Waals surface area contributed by atoms with Gasteiger partial charge < -0.3 is 14.8 Å². The number of ether oxygens (including phenoxy) is 2. The molecule has 0 aromatic heterocycles. The second-order valence-electron chi connectivity index (χ2n) is 5.06. The number of rotatable bonds is 5. The molecule has 0 radical (unpaired) electrons.